The van der Waals surface area contributed by atoms with E-state index in [2.05, 4.69) is 21.9 Å². The van der Waals surface area contributed by atoms with E-state index in [1.165, 1.54) is 0 Å². The monoisotopic (exact) mass is 748 g/mol. The fourth-order valence-electron chi connectivity index (χ4n) is 6.20. The maximum atomic E-state index is 13.6. The van der Waals surface area contributed by atoms with E-state index >= 15 is 0 Å². The van der Waals surface area contributed by atoms with Crippen molar-refractivity contribution in [2.24, 2.45) is 5.73 Å². The molecule has 0 aromatic carbocycles. The fourth-order valence-corrected chi connectivity index (χ4v) is 6.20. The molecular weight excluding hydrogens is 692 g/mol. The van der Waals surface area contributed by atoms with Gasteiger partial charge in [0.05, 0.1) is 32.0 Å². The average molecular weight is 749 g/mol. The van der Waals surface area contributed by atoms with E-state index in [4.69, 9.17) is 35.8 Å². The highest BCUT2D eigenvalue weighted by molar-refractivity contribution is 5.87. The van der Waals surface area contributed by atoms with Gasteiger partial charge in [-0.1, -0.05) is 20.3 Å². The SMILES string of the molecule is C#CCCC(=O)NC1[C@H](O[C@H]2C(CO)OC(OCC3O[C@@H](C)C(N)[C@@H](O)[C@@H]3O)[C@H](NC(=O)C(CC)NC(=O)CCCC)C2O)OC(CO)[C@@H](O)[C@@H]1O. The Bertz CT molecular complexity index is 1190. The lowest BCUT2D eigenvalue weighted by Gasteiger charge is -2.48. The number of hydrogen-bond donors (Lipinski definition) is 11. The zero-order chi connectivity index (χ0) is 38.7. The van der Waals surface area contributed by atoms with Gasteiger partial charge in [0.25, 0.3) is 0 Å². The van der Waals surface area contributed by atoms with Crippen LogP contribution >= 0.6 is 0 Å². The van der Waals surface area contributed by atoms with Crippen molar-refractivity contribution in [3.8, 4) is 12.3 Å². The Labute approximate surface area is 302 Å². The zero-order valence-electron chi connectivity index (χ0n) is 29.7. The first-order valence-electron chi connectivity index (χ1n) is 17.7. The summed E-state index contributed by atoms with van der Waals surface area (Å²) < 4.78 is 29.3. The summed E-state index contributed by atoms with van der Waals surface area (Å²) in [5.74, 6) is 0.580. The van der Waals surface area contributed by atoms with E-state index in [-0.39, 0.29) is 31.6 Å². The molecule has 0 bridgehead atoms. The van der Waals surface area contributed by atoms with Gasteiger partial charge in [-0.3, -0.25) is 14.4 Å². The molecule has 0 spiro atoms. The van der Waals surface area contributed by atoms with Crippen molar-refractivity contribution in [1.29, 1.82) is 0 Å². The second kappa shape index (κ2) is 20.8. The molecule has 0 aromatic heterocycles. The van der Waals surface area contributed by atoms with Crippen molar-refractivity contribution in [3.63, 3.8) is 0 Å². The molecule has 3 rings (SSSR count). The third-order valence-electron chi connectivity index (χ3n) is 9.46. The lowest BCUT2D eigenvalue weighted by atomic mass is 9.93. The normalized spacial score (nSPS) is 38.5. The first kappa shape index (κ1) is 43.9. The molecule has 3 saturated heterocycles. The molecule has 3 aliphatic heterocycles. The van der Waals surface area contributed by atoms with Crippen molar-refractivity contribution in [2.45, 2.75) is 157 Å². The lowest BCUT2D eigenvalue weighted by molar-refractivity contribution is -0.335. The summed E-state index contributed by atoms with van der Waals surface area (Å²) in [6.45, 7) is 3.15. The minimum absolute atomic E-state index is 0.0544. The predicted molar refractivity (Wildman–Crippen MR) is 178 cm³/mol. The van der Waals surface area contributed by atoms with Crippen molar-refractivity contribution in [3.05, 3.63) is 0 Å². The van der Waals surface area contributed by atoms with E-state index in [0.29, 0.717) is 6.42 Å². The highest BCUT2D eigenvalue weighted by atomic mass is 16.7. The van der Waals surface area contributed by atoms with Gasteiger partial charge in [0.15, 0.2) is 12.6 Å². The molecule has 16 atom stereocenters. The summed E-state index contributed by atoms with van der Waals surface area (Å²) in [6.07, 6.45) is -10.6. The second-order valence-corrected chi connectivity index (χ2v) is 13.3. The Morgan fingerprint density at radius 3 is 2.08 bits per heavy atom. The quantitative estimate of drug-likeness (QED) is 0.0622. The molecular formula is C33H56N4O15. The van der Waals surface area contributed by atoms with E-state index in [1.807, 2.05) is 6.92 Å². The molecule has 0 aromatic rings. The number of hydrogen-bond acceptors (Lipinski definition) is 16. The van der Waals surface area contributed by atoms with Crippen LogP contribution in [0.3, 0.4) is 0 Å². The summed E-state index contributed by atoms with van der Waals surface area (Å²) in [7, 11) is 0. The van der Waals surface area contributed by atoms with Gasteiger partial charge in [-0.25, -0.2) is 0 Å². The van der Waals surface area contributed by atoms with Gasteiger partial charge in [-0.2, -0.15) is 0 Å². The summed E-state index contributed by atoms with van der Waals surface area (Å²) in [5, 5.41) is 82.2. The first-order chi connectivity index (χ1) is 24.7. The van der Waals surface area contributed by atoms with Crippen LogP contribution in [0.15, 0.2) is 0 Å². The van der Waals surface area contributed by atoms with Gasteiger partial charge >= 0.3 is 0 Å². The number of rotatable bonds is 17. The van der Waals surface area contributed by atoms with Gasteiger partial charge in [0, 0.05) is 19.3 Å². The predicted octanol–water partition coefficient (Wildman–Crippen LogP) is -4.79. The summed E-state index contributed by atoms with van der Waals surface area (Å²) in [6, 6.07) is -4.90. The van der Waals surface area contributed by atoms with E-state index in [0.717, 1.165) is 6.42 Å². The van der Waals surface area contributed by atoms with Crippen molar-refractivity contribution in [1.82, 2.24) is 16.0 Å². The summed E-state index contributed by atoms with van der Waals surface area (Å²) in [4.78, 5) is 38.7. The molecule has 0 saturated carbocycles. The highest BCUT2D eigenvalue weighted by Crippen LogP contribution is 2.31. The van der Waals surface area contributed by atoms with Gasteiger partial charge in [-0.15, -0.1) is 12.3 Å². The third kappa shape index (κ3) is 11.0. The summed E-state index contributed by atoms with van der Waals surface area (Å²) >= 11 is 0. The molecule has 0 radical (unpaired) electrons. The van der Waals surface area contributed by atoms with Gasteiger partial charge in [0.1, 0.15) is 73.1 Å². The number of amides is 3. The Kier molecular flexibility index (Phi) is 17.5. The number of carbonyl (C=O) groups excluding carboxylic acids is 3. The summed E-state index contributed by atoms with van der Waals surface area (Å²) in [5.41, 5.74) is 5.89. The Morgan fingerprint density at radius 1 is 0.827 bits per heavy atom. The molecule has 8 unspecified atom stereocenters. The average Bonchev–Trinajstić information content (AvgIpc) is 3.13. The smallest absolute Gasteiger partial charge is 0.243 e. The van der Waals surface area contributed by atoms with Gasteiger partial charge in [-0.05, 0) is 19.8 Å². The van der Waals surface area contributed by atoms with Crippen LogP contribution in [-0.2, 0) is 38.1 Å². The van der Waals surface area contributed by atoms with Crippen LogP contribution in [-0.4, -0.2) is 171 Å². The molecule has 19 nitrogen and oxygen atoms in total. The Morgan fingerprint density at radius 2 is 1.46 bits per heavy atom. The molecule has 3 aliphatic rings. The molecule has 19 heteroatoms. The van der Waals surface area contributed by atoms with Gasteiger partial charge < -0.3 is 81.1 Å². The number of aliphatic hydroxyl groups is 7. The zero-order valence-corrected chi connectivity index (χ0v) is 29.7. The Balaban J connectivity index is 1.91. The number of aliphatic hydroxyl groups excluding tert-OH is 7. The molecule has 0 aliphatic carbocycles. The minimum Gasteiger partial charge on any atom is -0.394 e. The van der Waals surface area contributed by atoms with Crippen molar-refractivity contribution < 1.29 is 73.8 Å². The number of nitrogens with two attached hydrogens (primary N) is 1. The van der Waals surface area contributed by atoms with Crippen LogP contribution < -0.4 is 21.7 Å². The fraction of sp³-hybridized carbons (Fsp3) is 0.848. The minimum atomic E-state index is -1.79. The molecule has 52 heavy (non-hydrogen) atoms. The molecule has 3 amide bonds. The lowest BCUT2D eigenvalue weighted by Crippen LogP contribution is -2.70. The van der Waals surface area contributed by atoms with E-state index < -0.39 is 129 Å². The number of nitrogens with one attached hydrogen (secondary N) is 3. The highest BCUT2D eigenvalue weighted by Gasteiger charge is 2.53. The number of ether oxygens (including phenoxy) is 5. The molecule has 12 N–H and O–H groups in total. The first-order valence-corrected chi connectivity index (χ1v) is 17.7. The van der Waals surface area contributed by atoms with E-state index in [9.17, 15) is 50.1 Å². The maximum absolute atomic E-state index is 13.6. The molecule has 3 heterocycles. The van der Waals surface area contributed by atoms with Crippen LogP contribution in [0.2, 0.25) is 0 Å². The van der Waals surface area contributed by atoms with Crippen LogP contribution in [0.5, 0.6) is 0 Å². The van der Waals surface area contributed by atoms with Crippen LogP contribution in [0, 0.1) is 12.3 Å². The number of terminal acetylenes is 1. The largest absolute Gasteiger partial charge is 0.394 e. The molecule has 298 valence electrons. The number of carbonyl (C=O) groups is 3. The van der Waals surface area contributed by atoms with Crippen LogP contribution in [0.25, 0.3) is 0 Å². The van der Waals surface area contributed by atoms with Crippen LogP contribution in [0.1, 0.15) is 59.3 Å². The topological polar surface area (TPSA) is 301 Å². The van der Waals surface area contributed by atoms with Gasteiger partial charge in [0.2, 0.25) is 17.7 Å². The van der Waals surface area contributed by atoms with Crippen LogP contribution in [0.4, 0.5) is 0 Å². The van der Waals surface area contributed by atoms with Crippen molar-refractivity contribution in [2.75, 3.05) is 19.8 Å². The van der Waals surface area contributed by atoms with Crippen molar-refractivity contribution >= 4 is 17.7 Å². The Hall–Kier alpha value is -2.55. The standard InChI is InChI=1S/C33H56N4O15/c1-5-8-10-20(40)35-16(7-3)31(47)37-24-29(46)30(18(13-39)51-32(24)48-14-19-26(43)27(44)22(34)15(4)49-19)52-33-23(36-21(41)11-9-6-2)28(45)25(42)17(12-38)50-33/h2,15-19,22-30,32-33,38-39,42-46H,5,7-14,34H2,1,3-4H3,(H,35,40)(H,36,41)(H,37,47)/t15-,16?,17?,18?,19?,22?,23?,24+,25+,26+,27+,28+,29?,30-,32?,33-/m0/s1. The van der Waals surface area contributed by atoms with E-state index in [1.54, 1.807) is 13.8 Å². The second-order valence-electron chi connectivity index (χ2n) is 13.3. The maximum Gasteiger partial charge on any atom is 0.243 e. The number of unbranched alkanes of at least 4 members (excludes halogenated alkanes) is 1. The third-order valence-corrected chi connectivity index (χ3v) is 9.46. The molecule has 3 fully saturated rings.